The average Bonchev–Trinajstić information content (AvgIpc) is 3.67. The first kappa shape index (κ1) is 26.5. The molecule has 0 spiro atoms. The van der Waals surface area contributed by atoms with Gasteiger partial charge in [-0.15, -0.1) is 0 Å². The Morgan fingerprint density at radius 3 is 0.920 bits per heavy atom. The van der Waals surface area contributed by atoms with Crippen molar-refractivity contribution in [1.29, 1.82) is 0 Å². The van der Waals surface area contributed by atoms with Crippen LogP contribution in [0.2, 0.25) is 0 Å². The van der Waals surface area contributed by atoms with Gasteiger partial charge in [0.2, 0.25) is 0 Å². The van der Waals surface area contributed by atoms with Crippen molar-refractivity contribution in [1.82, 2.24) is 0 Å². The minimum absolute atomic E-state index is 1.26. The molecular weight excluding hydrogens is 601 g/mol. The Kier molecular flexibility index (Phi) is 5.06. The Morgan fingerprint density at radius 2 is 0.520 bits per heavy atom. The van der Waals surface area contributed by atoms with Gasteiger partial charge in [0, 0.05) is 0 Å². The Bertz CT molecular complexity index is 3110. The van der Waals surface area contributed by atoms with Crippen molar-refractivity contribution < 1.29 is 0 Å². The van der Waals surface area contributed by atoms with Crippen LogP contribution in [0.5, 0.6) is 0 Å². The van der Waals surface area contributed by atoms with E-state index in [0.29, 0.717) is 0 Å². The third-order valence-corrected chi connectivity index (χ3v) is 11.4. The van der Waals surface area contributed by atoms with Crippen molar-refractivity contribution in [3.05, 3.63) is 170 Å². The van der Waals surface area contributed by atoms with Gasteiger partial charge in [0.15, 0.2) is 0 Å². The van der Waals surface area contributed by atoms with Gasteiger partial charge in [0.1, 0.15) is 0 Å². The molecule has 12 aromatic rings. The zero-order chi connectivity index (χ0) is 32.5. The Balaban J connectivity index is 1.46. The van der Waals surface area contributed by atoms with Crippen LogP contribution in [0.1, 0.15) is 0 Å². The van der Waals surface area contributed by atoms with Crippen LogP contribution in [0.3, 0.4) is 0 Å². The minimum atomic E-state index is 1.26. The van der Waals surface area contributed by atoms with Gasteiger partial charge in [-0.2, -0.15) is 0 Å². The number of hydrogen-bond acceptors (Lipinski definition) is 0. The van der Waals surface area contributed by atoms with E-state index in [1.165, 1.54) is 119 Å². The molecule has 0 saturated heterocycles. The molecule has 0 heteroatoms. The van der Waals surface area contributed by atoms with E-state index in [1.54, 1.807) is 0 Å². The molecule has 228 valence electrons. The highest BCUT2D eigenvalue weighted by Gasteiger charge is 2.27. The molecule has 0 N–H and O–H groups in total. The molecule has 0 heterocycles. The third-order valence-electron chi connectivity index (χ3n) is 11.4. The van der Waals surface area contributed by atoms with E-state index in [-0.39, 0.29) is 0 Å². The van der Waals surface area contributed by atoms with E-state index >= 15 is 0 Å². The van der Waals surface area contributed by atoms with E-state index in [4.69, 9.17) is 0 Å². The lowest BCUT2D eigenvalue weighted by Gasteiger charge is -2.20. The average molecular weight is 629 g/mol. The summed E-state index contributed by atoms with van der Waals surface area (Å²) in [5, 5.41) is 23.8. The first-order valence-corrected chi connectivity index (χ1v) is 17.5. The van der Waals surface area contributed by atoms with Crippen LogP contribution in [0.4, 0.5) is 0 Å². The molecule has 0 aliphatic rings. The summed E-state index contributed by atoms with van der Waals surface area (Å²) in [5.41, 5.74) is 5.17. The largest absolute Gasteiger partial charge is 0.0622 e. The fraction of sp³-hybridized carbons (Fsp3) is 0. The van der Waals surface area contributed by atoms with Crippen LogP contribution in [-0.4, -0.2) is 0 Å². The fourth-order valence-electron chi connectivity index (χ4n) is 9.46. The summed E-state index contributed by atoms with van der Waals surface area (Å²) in [4.78, 5) is 0. The Labute approximate surface area is 288 Å². The second kappa shape index (κ2) is 9.56. The van der Waals surface area contributed by atoms with E-state index in [2.05, 4.69) is 170 Å². The van der Waals surface area contributed by atoms with Crippen molar-refractivity contribution in [3.63, 3.8) is 0 Å². The van der Waals surface area contributed by atoms with Crippen molar-refractivity contribution in [3.8, 4) is 22.3 Å². The van der Waals surface area contributed by atoms with Gasteiger partial charge >= 0.3 is 0 Å². The summed E-state index contributed by atoms with van der Waals surface area (Å²) in [7, 11) is 0. The van der Waals surface area contributed by atoms with Crippen LogP contribution < -0.4 is 0 Å². The third kappa shape index (κ3) is 3.31. The summed E-state index contributed by atoms with van der Waals surface area (Å²) in [5.74, 6) is 0. The molecule has 0 aromatic heterocycles. The predicted molar refractivity (Wildman–Crippen MR) is 217 cm³/mol. The molecule has 12 rings (SSSR count). The van der Waals surface area contributed by atoms with E-state index < -0.39 is 0 Å². The first-order chi connectivity index (χ1) is 24.8. The topological polar surface area (TPSA) is 0 Å². The number of benzene rings is 10. The highest BCUT2D eigenvalue weighted by atomic mass is 14.3. The zero-order valence-corrected chi connectivity index (χ0v) is 27.2. The maximum absolute atomic E-state index is 2.44. The minimum Gasteiger partial charge on any atom is -0.0622 e. The molecule has 0 nitrogen and oxygen atoms in total. The van der Waals surface area contributed by atoms with Crippen molar-refractivity contribution in [2.24, 2.45) is 0 Å². The summed E-state index contributed by atoms with van der Waals surface area (Å²) < 4.78 is 0. The monoisotopic (exact) mass is 628 g/mol. The van der Waals surface area contributed by atoms with Gasteiger partial charge in [-0.05, 0) is 143 Å². The van der Waals surface area contributed by atoms with Crippen molar-refractivity contribution in [2.75, 3.05) is 0 Å². The molecule has 0 unspecified atom stereocenters. The molecule has 0 aliphatic carbocycles. The van der Waals surface area contributed by atoms with Gasteiger partial charge in [0.05, 0.1) is 0 Å². The van der Waals surface area contributed by atoms with E-state index in [9.17, 15) is 0 Å². The lowest BCUT2D eigenvalue weighted by molar-refractivity contribution is 1.68. The number of hydrogen-bond donors (Lipinski definition) is 0. The molecule has 50 heavy (non-hydrogen) atoms. The van der Waals surface area contributed by atoms with Gasteiger partial charge in [-0.1, -0.05) is 146 Å². The maximum atomic E-state index is 2.44. The molecular formula is C50H28. The molecule has 0 amide bonds. The number of rotatable bonds is 2. The van der Waals surface area contributed by atoms with Gasteiger partial charge < -0.3 is 0 Å². The van der Waals surface area contributed by atoms with Gasteiger partial charge in [-0.25, -0.2) is 0 Å². The quantitative estimate of drug-likeness (QED) is 0.167. The smallest absolute Gasteiger partial charge is 0.000718 e. The standard InChI is InChI=1S/C50H28/c1-3-13-29(14-4-1)43-47-37-23-11-22-36-40-26-32-18-8-10-20-34(32)28-42(40)50(46(36)37)44(30-15-5-2-6-16-30)48(47)38-24-12-21-35-39-25-31-17-7-9-19-33(31)27-41(39)49(43)45(35)38/h1-28H. The molecule has 12 aromatic carbocycles. The summed E-state index contributed by atoms with van der Waals surface area (Å²) in [6.07, 6.45) is 0. The highest BCUT2D eigenvalue weighted by molar-refractivity contribution is 6.48. The number of fused-ring (bicyclic) bond motifs is 11. The van der Waals surface area contributed by atoms with Crippen molar-refractivity contribution >= 4 is 97.0 Å². The summed E-state index contributed by atoms with van der Waals surface area (Å²) >= 11 is 0. The predicted octanol–water partition coefficient (Wildman–Crippen LogP) is 14.3. The van der Waals surface area contributed by atoms with Crippen LogP contribution in [0.15, 0.2) is 170 Å². The van der Waals surface area contributed by atoms with Gasteiger partial charge in [-0.3, -0.25) is 0 Å². The zero-order valence-electron chi connectivity index (χ0n) is 27.2. The van der Waals surface area contributed by atoms with Crippen LogP contribution >= 0.6 is 0 Å². The molecule has 0 fully saturated rings. The van der Waals surface area contributed by atoms with Gasteiger partial charge in [0.25, 0.3) is 0 Å². The SMILES string of the molecule is c1ccc(-c2c3c4cccc5c6cc7ccccc7cc6c(c(-c6ccccc6)c3c3cccc6c7cc8ccccc8cc7c2c63)c54)cc1. The highest BCUT2D eigenvalue weighted by Crippen LogP contribution is 2.56. The Morgan fingerprint density at radius 1 is 0.200 bits per heavy atom. The summed E-state index contributed by atoms with van der Waals surface area (Å²) in [6, 6.07) is 63.7. The maximum Gasteiger partial charge on any atom is -0.000718 e. The second-order valence-electron chi connectivity index (χ2n) is 13.9. The lowest BCUT2D eigenvalue weighted by Crippen LogP contribution is -1.92. The van der Waals surface area contributed by atoms with Crippen LogP contribution in [0.25, 0.3) is 119 Å². The van der Waals surface area contributed by atoms with Crippen LogP contribution in [0, 0.1) is 0 Å². The van der Waals surface area contributed by atoms with E-state index in [0.717, 1.165) is 0 Å². The second-order valence-corrected chi connectivity index (χ2v) is 13.9. The Hall–Kier alpha value is -6.50. The molecule has 0 radical (unpaired) electrons. The summed E-state index contributed by atoms with van der Waals surface area (Å²) in [6.45, 7) is 0. The fourth-order valence-corrected chi connectivity index (χ4v) is 9.46. The van der Waals surface area contributed by atoms with Crippen LogP contribution in [-0.2, 0) is 0 Å². The lowest BCUT2D eigenvalue weighted by atomic mass is 9.82. The molecule has 0 bridgehead atoms. The van der Waals surface area contributed by atoms with E-state index in [1.807, 2.05) is 0 Å². The normalized spacial score (nSPS) is 12.4. The molecule has 0 atom stereocenters. The molecule has 0 aliphatic heterocycles. The molecule has 0 saturated carbocycles. The van der Waals surface area contributed by atoms with Crippen molar-refractivity contribution in [2.45, 2.75) is 0 Å². The first-order valence-electron chi connectivity index (χ1n) is 17.5.